The van der Waals surface area contributed by atoms with Crippen LogP contribution in [-0.4, -0.2) is 20.3 Å². The maximum atomic E-state index is 13.0. The van der Waals surface area contributed by atoms with Crippen LogP contribution in [0.15, 0.2) is 60.5 Å². The Kier molecular flexibility index (Phi) is 4.60. The summed E-state index contributed by atoms with van der Waals surface area (Å²) in [7, 11) is 0. The number of pyridine rings is 1. The molecule has 0 saturated carbocycles. The van der Waals surface area contributed by atoms with Gasteiger partial charge in [-0.3, -0.25) is 14.2 Å². The summed E-state index contributed by atoms with van der Waals surface area (Å²) in [4.78, 5) is 20.6. The van der Waals surface area contributed by atoms with Gasteiger partial charge in [0.05, 0.1) is 6.42 Å². The van der Waals surface area contributed by atoms with Gasteiger partial charge < -0.3 is 5.32 Å². The molecular formula is C19H13F3N4OS. The SMILES string of the molecule is O=C(Cc1cccc(-c2cccnc2)c1)Nc1ncn2c(C(F)(F)F)csc12. The van der Waals surface area contributed by atoms with E-state index in [-0.39, 0.29) is 23.0 Å². The maximum Gasteiger partial charge on any atom is 0.432 e. The normalized spacial score (nSPS) is 11.7. The molecule has 5 nitrogen and oxygen atoms in total. The van der Waals surface area contributed by atoms with Crippen LogP contribution in [0.2, 0.25) is 0 Å². The number of alkyl halides is 3. The topological polar surface area (TPSA) is 59.3 Å². The number of imidazole rings is 1. The van der Waals surface area contributed by atoms with Gasteiger partial charge in [0, 0.05) is 17.8 Å². The quantitative estimate of drug-likeness (QED) is 0.540. The van der Waals surface area contributed by atoms with E-state index in [0.29, 0.717) is 0 Å². The minimum absolute atomic E-state index is 0.0740. The Bertz CT molecular complexity index is 1140. The van der Waals surface area contributed by atoms with E-state index in [9.17, 15) is 18.0 Å². The summed E-state index contributed by atoms with van der Waals surface area (Å²) in [6.45, 7) is 0. The molecule has 3 heterocycles. The number of fused-ring (bicyclic) bond motifs is 1. The summed E-state index contributed by atoms with van der Waals surface area (Å²) < 4.78 is 39.8. The van der Waals surface area contributed by atoms with Gasteiger partial charge in [-0.1, -0.05) is 30.3 Å². The van der Waals surface area contributed by atoms with Gasteiger partial charge in [-0.15, -0.1) is 11.3 Å². The fraction of sp³-hybridized carbons (Fsp3) is 0.105. The molecule has 1 amide bonds. The zero-order chi connectivity index (χ0) is 19.7. The first-order valence-corrected chi connectivity index (χ1v) is 9.11. The van der Waals surface area contributed by atoms with E-state index in [1.165, 1.54) is 0 Å². The molecule has 0 bridgehead atoms. The smallest absolute Gasteiger partial charge is 0.308 e. The molecule has 28 heavy (non-hydrogen) atoms. The molecule has 0 saturated heterocycles. The summed E-state index contributed by atoms with van der Waals surface area (Å²) in [6.07, 6.45) is 0.0716. The summed E-state index contributed by atoms with van der Waals surface area (Å²) >= 11 is 0.881. The van der Waals surface area contributed by atoms with Crippen molar-refractivity contribution in [3.05, 3.63) is 71.8 Å². The predicted octanol–water partition coefficient (Wildman–Crippen LogP) is 4.66. The number of nitrogens with one attached hydrogen (secondary N) is 1. The molecule has 0 spiro atoms. The van der Waals surface area contributed by atoms with E-state index in [2.05, 4.69) is 15.3 Å². The van der Waals surface area contributed by atoms with Crippen molar-refractivity contribution in [1.29, 1.82) is 0 Å². The Balaban J connectivity index is 1.51. The number of benzene rings is 1. The van der Waals surface area contributed by atoms with Gasteiger partial charge in [-0.25, -0.2) is 4.98 Å². The predicted molar refractivity (Wildman–Crippen MR) is 100 cm³/mol. The monoisotopic (exact) mass is 402 g/mol. The number of amides is 1. The van der Waals surface area contributed by atoms with Crippen LogP contribution in [0.25, 0.3) is 16.0 Å². The van der Waals surface area contributed by atoms with Gasteiger partial charge in [0.1, 0.15) is 16.9 Å². The van der Waals surface area contributed by atoms with Gasteiger partial charge in [0.15, 0.2) is 5.82 Å². The molecule has 9 heteroatoms. The molecule has 4 aromatic rings. The average Bonchev–Trinajstić information content (AvgIpc) is 3.25. The number of thiazole rings is 1. The van der Waals surface area contributed by atoms with Crippen LogP contribution in [0.5, 0.6) is 0 Å². The van der Waals surface area contributed by atoms with Crippen LogP contribution in [0.4, 0.5) is 19.0 Å². The number of halogens is 3. The third-order valence-corrected chi connectivity index (χ3v) is 5.05. The largest absolute Gasteiger partial charge is 0.432 e. The number of rotatable bonds is 4. The highest BCUT2D eigenvalue weighted by atomic mass is 32.1. The van der Waals surface area contributed by atoms with E-state index in [1.54, 1.807) is 12.4 Å². The summed E-state index contributed by atoms with van der Waals surface area (Å²) in [5.74, 6) is -0.236. The molecule has 3 aromatic heterocycles. The Labute approximate surface area is 161 Å². The maximum absolute atomic E-state index is 13.0. The van der Waals surface area contributed by atoms with Crippen molar-refractivity contribution < 1.29 is 18.0 Å². The van der Waals surface area contributed by atoms with Crippen LogP contribution < -0.4 is 5.32 Å². The second-order valence-electron chi connectivity index (χ2n) is 6.05. The number of carbonyl (C=O) groups is 1. The number of anilines is 1. The van der Waals surface area contributed by atoms with Crippen molar-refractivity contribution in [2.75, 3.05) is 5.32 Å². The molecule has 0 aliphatic heterocycles. The highest BCUT2D eigenvalue weighted by Crippen LogP contribution is 2.35. The second kappa shape index (κ2) is 7.08. The van der Waals surface area contributed by atoms with Crippen LogP contribution >= 0.6 is 11.3 Å². The van der Waals surface area contributed by atoms with Crippen molar-refractivity contribution in [3.8, 4) is 11.1 Å². The first kappa shape index (κ1) is 18.2. The van der Waals surface area contributed by atoms with Crippen LogP contribution in [0, 0.1) is 0 Å². The molecule has 4 rings (SSSR count). The fourth-order valence-electron chi connectivity index (χ4n) is 2.83. The van der Waals surface area contributed by atoms with E-state index < -0.39 is 11.9 Å². The molecule has 142 valence electrons. The van der Waals surface area contributed by atoms with Gasteiger partial charge in [0.25, 0.3) is 0 Å². The lowest BCUT2D eigenvalue weighted by Crippen LogP contribution is -2.14. The van der Waals surface area contributed by atoms with Crippen molar-refractivity contribution in [2.24, 2.45) is 0 Å². The number of aromatic nitrogens is 3. The van der Waals surface area contributed by atoms with E-state index in [0.717, 1.165) is 44.1 Å². The molecule has 0 atom stereocenters. The summed E-state index contributed by atoms with van der Waals surface area (Å²) in [6, 6.07) is 11.2. The lowest BCUT2D eigenvalue weighted by Gasteiger charge is -2.06. The first-order valence-electron chi connectivity index (χ1n) is 8.23. The minimum atomic E-state index is -4.48. The lowest BCUT2D eigenvalue weighted by molar-refractivity contribution is -0.141. The van der Waals surface area contributed by atoms with Gasteiger partial charge in [-0.2, -0.15) is 13.2 Å². The summed E-state index contributed by atoms with van der Waals surface area (Å²) in [5, 5.41) is 3.60. The van der Waals surface area contributed by atoms with Crippen molar-refractivity contribution in [1.82, 2.24) is 14.4 Å². The van der Waals surface area contributed by atoms with Crippen LogP contribution in [-0.2, 0) is 17.4 Å². The molecule has 0 aliphatic rings. The third-order valence-electron chi connectivity index (χ3n) is 4.10. The minimum Gasteiger partial charge on any atom is -0.308 e. The Morgan fingerprint density at radius 3 is 2.75 bits per heavy atom. The lowest BCUT2D eigenvalue weighted by atomic mass is 10.0. The van der Waals surface area contributed by atoms with Crippen molar-refractivity contribution >= 4 is 27.9 Å². The molecule has 1 N–H and O–H groups in total. The fourth-order valence-corrected chi connectivity index (χ4v) is 3.78. The van der Waals surface area contributed by atoms with Gasteiger partial charge in [0.2, 0.25) is 5.91 Å². The third kappa shape index (κ3) is 3.61. The molecule has 0 aliphatic carbocycles. The summed E-state index contributed by atoms with van der Waals surface area (Å²) in [5.41, 5.74) is 1.82. The number of hydrogen-bond donors (Lipinski definition) is 1. The van der Waals surface area contributed by atoms with E-state index >= 15 is 0 Å². The molecule has 0 unspecified atom stereocenters. The van der Waals surface area contributed by atoms with Crippen molar-refractivity contribution in [3.63, 3.8) is 0 Å². The van der Waals surface area contributed by atoms with Gasteiger partial charge in [-0.05, 0) is 22.8 Å². The standard InChI is InChI=1S/C19H13F3N4OS/c20-19(21,22)15-10-28-18-17(24-11-26(15)18)25-16(27)8-12-3-1-4-13(7-12)14-5-2-6-23-9-14/h1-7,9-11H,8H2,(H,25,27). The number of nitrogens with zero attached hydrogens (tertiary/aromatic N) is 3. The molecular weight excluding hydrogens is 389 g/mol. The highest BCUT2D eigenvalue weighted by molar-refractivity contribution is 7.16. The zero-order valence-corrected chi connectivity index (χ0v) is 15.1. The second-order valence-corrected chi connectivity index (χ2v) is 6.91. The Morgan fingerprint density at radius 2 is 2.00 bits per heavy atom. The Morgan fingerprint density at radius 1 is 1.18 bits per heavy atom. The highest BCUT2D eigenvalue weighted by Gasteiger charge is 2.35. The Hall–Kier alpha value is -3.20. The van der Waals surface area contributed by atoms with Crippen LogP contribution in [0.3, 0.4) is 0 Å². The number of hydrogen-bond acceptors (Lipinski definition) is 4. The number of carbonyl (C=O) groups excluding carboxylic acids is 1. The average molecular weight is 402 g/mol. The molecule has 0 radical (unpaired) electrons. The van der Waals surface area contributed by atoms with Crippen LogP contribution in [0.1, 0.15) is 11.3 Å². The zero-order valence-electron chi connectivity index (χ0n) is 14.3. The first-order chi connectivity index (χ1) is 13.4. The van der Waals surface area contributed by atoms with E-state index in [4.69, 9.17) is 0 Å². The van der Waals surface area contributed by atoms with Gasteiger partial charge >= 0.3 is 6.18 Å². The van der Waals surface area contributed by atoms with Crippen molar-refractivity contribution in [2.45, 2.75) is 12.6 Å². The van der Waals surface area contributed by atoms with E-state index in [1.807, 2.05) is 36.4 Å². The molecule has 1 aromatic carbocycles. The molecule has 0 fully saturated rings.